The largest absolute Gasteiger partial charge is 0.496 e. The number of methoxy groups -OCH3 is 1. The zero-order chi connectivity index (χ0) is 14.0. The third kappa shape index (κ3) is 2.36. The topological polar surface area (TPSA) is 57.2 Å². The molecule has 0 saturated heterocycles. The smallest absolute Gasteiger partial charge is 0.254 e. The number of hydrogen-bond donors (Lipinski definition) is 1. The fourth-order valence-electron chi connectivity index (χ4n) is 2.41. The number of rotatable bonds is 4. The van der Waals surface area contributed by atoms with Crippen LogP contribution in [0.5, 0.6) is 5.75 Å². The lowest BCUT2D eigenvalue weighted by atomic mass is 10.1. The average Bonchev–Trinajstić information content (AvgIpc) is 2.38. The van der Waals surface area contributed by atoms with Crippen LogP contribution in [-0.4, -0.2) is 18.2 Å². The minimum atomic E-state index is 0.0428. The van der Waals surface area contributed by atoms with Gasteiger partial charge in [0.1, 0.15) is 5.75 Å². The second kappa shape index (κ2) is 5.45. The van der Waals surface area contributed by atoms with Gasteiger partial charge in [-0.2, -0.15) is 0 Å². The maximum Gasteiger partial charge on any atom is 0.254 e. The number of aromatic nitrogens is 1. The van der Waals surface area contributed by atoms with Crippen LogP contribution in [0.25, 0.3) is 10.9 Å². The molecule has 0 bridgehead atoms. The maximum absolute atomic E-state index is 12.5. The normalized spacial score (nSPS) is 11.2. The van der Waals surface area contributed by atoms with Gasteiger partial charge in [-0.15, -0.1) is 0 Å². The number of benzene rings is 1. The Balaban J connectivity index is 2.87. The van der Waals surface area contributed by atoms with E-state index in [0.29, 0.717) is 13.0 Å². The Morgan fingerprint density at radius 3 is 2.68 bits per heavy atom. The van der Waals surface area contributed by atoms with Crippen molar-refractivity contribution in [3.63, 3.8) is 0 Å². The van der Waals surface area contributed by atoms with E-state index in [9.17, 15) is 4.79 Å². The van der Waals surface area contributed by atoms with Crippen LogP contribution in [-0.2, 0) is 6.42 Å². The van der Waals surface area contributed by atoms with Crippen molar-refractivity contribution in [2.45, 2.75) is 26.3 Å². The number of ether oxygens (including phenoxy) is 1. The van der Waals surface area contributed by atoms with Crippen molar-refractivity contribution in [2.24, 2.45) is 5.73 Å². The van der Waals surface area contributed by atoms with Crippen molar-refractivity contribution in [3.05, 3.63) is 40.2 Å². The second-order valence-electron chi connectivity index (χ2n) is 4.87. The first-order valence-electron chi connectivity index (χ1n) is 6.51. The number of hydrogen-bond acceptors (Lipinski definition) is 3. The molecule has 1 aromatic carbocycles. The predicted molar refractivity (Wildman–Crippen MR) is 77.9 cm³/mol. The van der Waals surface area contributed by atoms with Gasteiger partial charge in [0.2, 0.25) is 0 Å². The summed E-state index contributed by atoms with van der Waals surface area (Å²) in [6.45, 7) is 4.48. The molecule has 0 atom stereocenters. The van der Waals surface area contributed by atoms with Gasteiger partial charge < -0.3 is 15.0 Å². The van der Waals surface area contributed by atoms with Crippen LogP contribution in [0.2, 0.25) is 0 Å². The summed E-state index contributed by atoms with van der Waals surface area (Å²) < 4.78 is 7.20. The van der Waals surface area contributed by atoms with Crippen LogP contribution in [0.3, 0.4) is 0 Å². The SMILES string of the molecule is COc1cccc2c1cc(CCN)c(=O)n2C(C)C. The van der Waals surface area contributed by atoms with E-state index in [1.165, 1.54) is 0 Å². The van der Waals surface area contributed by atoms with Gasteiger partial charge >= 0.3 is 0 Å². The Labute approximate surface area is 112 Å². The Morgan fingerprint density at radius 2 is 2.11 bits per heavy atom. The van der Waals surface area contributed by atoms with E-state index in [1.807, 2.05) is 42.7 Å². The van der Waals surface area contributed by atoms with Crippen LogP contribution in [0, 0.1) is 0 Å². The van der Waals surface area contributed by atoms with Gasteiger partial charge in [-0.25, -0.2) is 0 Å². The van der Waals surface area contributed by atoms with Gasteiger partial charge in [-0.1, -0.05) is 6.07 Å². The molecule has 102 valence electrons. The lowest BCUT2D eigenvalue weighted by Gasteiger charge is -2.17. The molecule has 0 spiro atoms. The Morgan fingerprint density at radius 1 is 1.37 bits per heavy atom. The quantitative estimate of drug-likeness (QED) is 0.915. The van der Waals surface area contributed by atoms with Crippen molar-refractivity contribution in [1.82, 2.24) is 4.57 Å². The first-order valence-corrected chi connectivity index (χ1v) is 6.51. The van der Waals surface area contributed by atoms with Crippen molar-refractivity contribution >= 4 is 10.9 Å². The van der Waals surface area contributed by atoms with Gasteiger partial charge in [0.25, 0.3) is 5.56 Å². The van der Waals surface area contributed by atoms with Crippen molar-refractivity contribution in [3.8, 4) is 5.75 Å². The number of pyridine rings is 1. The zero-order valence-electron chi connectivity index (χ0n) is 11.6. The van der Waals surface area contributed by atoms with E-state index in [2.05, 4.69) is 0 Å². The molecule has 4 nitrogen and oxygen atoms in total. The van der Waals surface area contributed by atoms with E-state index in [-0.39, 0.29) is 11.6 Å². The molecule has 0 aliphatic rings. The molecule has 0 saturated carbocycles. The molecule has 2 aromatic rings. The van der Waals surface area contributed by atoms with Gasteiger partial charge in [0.05, 0.1) is 12.6 Å². The highest BCUT2D eigenvalue weighted by Gasteiger charge is 2.13. The van der Waals surface area contributed by atoms with Crippen LogP contribution < -0.4 is 16.0 Å². The highest BCUT2D eigenvalue weighted by molar-refractivity contribution is 5.86. The van der Waals surface area contributed by atoms with Crippen molar-refractivity contribution in [1.29, 1.82) is 0 Å². The van der Waals surface area contributed by atoms with Crippen LogP contribution >= 0.6 is 0 Å². The molecule has 0 unspecified atom stereocenters. The lowest BCUT2D eigenvalue weighted by Crippen LogP contribution is -2.27. The number of nitrogens with two attached hydrogens (primary N) is 1. The predicted octanol–water partition coefficient (Wildman–Crippen LogP) is 2.09. The summed E-state index contributed by atoms with van der Waals surface area (Å²) in [5.41, 5.74) is 7.28. The van der Waals surface area contributed by atoms with Crippen molar-refractivity contribution in [2.75, 3.05) is 13.7 Å². The summed E-state index contributed by atoms with van der Waals surface area (Å²) in [6, 6.07) is 7.76. The van der Waals surface area contributed by atoms with Gasteiger partial charge in [0, 0.05) is 17.0 Å². The summed E-state index contributed by atoms with van der Waals surface area (Å²) in [4.78, 5) is 12.5. The molecule has 19 heavy (non-hydrogen) atoms. The van der Waals surface area contributed by atoms with E-state index < -0.39 is 0 Å². The Bertz CT molecular complexity index is 644. The molecule has 0 fully saturated rings. The fourth-order valence-corrected chi connectivity index (χ4v) is 2.41. The molecule has 0 aliphatic heterocycles. The fraction of sp³-hybridized carbons (Fsp3) is 0.400. The molecule has 1 heterocycles. The third-order valence-corrected chi connectivity index (χ3v) is 3.26. The minimum absolute atomic E-state index is 0.0428. The van der Waals surface area contributed by atoms with E-state index in [1.54, 1.807) is 7.11 Å². The number of fused-ring (bicyclic) bond motifs is 1. The van der Waals surface area contributed by atoms with Crippen LogP contribution in [0.15, 0.2) is 29.1 Å². The molecule has 0 aliphatic carbocycles. The Hall–Kier alpha value is -1.81. The molecule has 1 aromatic heterocycles. The van der Waals surface area contributed by atoms with Crippen LogP contribution in [0.1, 0.15) is 25.5 Å². The molecular weight excluding hydrogens is 240 g/mol. The summed E-state index contributed by atoms with van der Waals surface area (Å²) in [6.07, 6.45) is 0.583. The first-order chi connectivity index (χ1) is 9.10. The van der Waals surface area contributed by atoms with Gasteiger partial charge in [-0.05, 0) is 45.0 Å². The zero-order valence-corrected chi connectivity index (χ0v) is 11.6. The minimum Gasteiger partial charge on any atom is -0.496 e. The van der Waals surface area contributed by atoms with Gasteiger partial charge in [-0.3, -0.25) is 4.79 Å². The highest BCUT2D eigenvalue weighted by atomic mass is 16.5. The molecule has 2 rings (SSSR count). The standard InChI is InChI=1S/C15H20N2O2/c1-10(2)17-13-5-4-6-14(19-3)12(13)9-11(7-8-16)15(17)18/h4-6,9-10H,7-8,16H2,1-3H3. The summed E-state index contributed by atoms with van der Waals surface area (Å²) >= 11 is 0. The summed E-state index contributed by atoms with van der Waals surface area (Å²) in [7, 11) is 1.64. The molecule has 4 heteroatoms. The first kappa shape index (κ1) is 13.6. The highest BCUT2D eigenvalue weighted by Crippen LogP contribution is 2.26. The van der Waals surface area contributed by atoms with Crippen molar-refractivity contribution < 1.29 is 4.74 Å². The Kier molecular flexibility index (Phi) is 3.90. The monoisotopic (exact) mass is 260 g/mol. The van der Waals surface area contributed by atoms with E-state index >= 15 is 0 Å². The number of nitrogens with zero attached hydrogens (tertiary/aromatic N) is 1. The third-order valence-electron chi connectivity index (χ3n) is 3.26. The molecule has 2 N–H and O–H groups in total. The average molecular weight is 260 g/mol. The molecular formula is C15H20N2O2. The molecule has 0 amide bonds. The lowest BCUT2D eigenvalue weighted by molar-refractivity contribution is 0.419. The molecule has 0 radical (unpaired) electrons. The summed E-state index contributed by atoms with van der Waals surface area (Å²) in [5, 5.41) is 0.960. The second-order valence-corrected chi connectivity index (χ2v) is 4.87. The summed E-state index contributed by atoms with van der Waals surface area (Å²) in [5.74, 6) is 0.783. The van der Waals surface area contributed by atoms with Crippen LogP contribution in [0.4, 0.5) is 0 Å². The van der Waals surface area contributed by atoms with Gasteiger partial charge in [0.15, 0.2) is 0 Å². The maximum atomic E-state index is 12.5. The van der Waals surface area contributed by atoms with E-state index in [4.69, 9.17) is 10.5 Å². The van der Waals surface area contributed by atoms with E-state index in [0.717, 1.165) is 22.2 Å².